The molecule has 1 aromatic heterocycles. The summed E-state index contributed by atoms with van der Waals surface area (Å²) in [6, 6.07) is 7.87. The SMILES string of the molecule is CC(=O)c1cc2c(cc1O)OCC2c1cc2cc(C(C)=O)c(O)cc2o1. The van der Waals surface area contributed by atoms with E-state index in [2.05, 4.69) is 0 Å². The summed E-state index contributed by atoms with van der Waals surface area (Å²) in [6.07, 6.45) is 0. The summed E-state index contributed by atoms with van der Waals surface area (Å²) in [5, 5.41) is 20.6. The molecule has 0 bridgehead atoms. The molecule has 2 N–H and O–H groups in total. The highest BCUT2D eigenvalue weighted by atomic mass is 16.5. The second-order valence-electron chi connectivity index (χ2n) is 6.44. The summed E-state index contributed by atoms with van der Waals surface area (Å²) in [4.78, 5) is 23.3. The van der Waals surface area contributed by atoms with Crippen molar-refractivity contribution < 1.29 is 29.0 Å². The van der Waals surface area contributed by atoms with Crippen LogP contribution in [0, 0.1) is 0 Å². The number of benzene rings is 2. The van der Waals surface area contributed by atoms with E-state index >= 15 is 0 Å². The second kappa shape index (κ2) is 5.62. The van der Waals surface area contributed by atoms with Crippen molar-refractivity contribution in [3.8, 4) is 17.2 Å². The van der Waals surface area contributed by atoms with Crippen LogP contribution in [0.15, 0.2) is 34.7 Å². The van der Waals surface area contributed by atoms with Gasteiger partial charge in [-0.25, -0.2) is 0 Å². The van der Waals surface area contributed by atoms with E-state index in [1.165, 1.54) is 26.0 Å². The van der Waals surface area contributed by atoms with Crippen LogP contribution in [0.25, 0.3) is 11.0 Å². The first-order chi connectivity index (χ1) is 12.3. The van der Waals surface area contributed by atoms with Crippen molar-refractivity contribution in [2.75, 3.05) is 6.61 Å². The number of hydrogen-bond donors (Lipinski definition) is 2. The van der Waals surface area contributed by atoms with Gasteiger partial charge in [-0.3, -0.25) is 9.59 Å². The smallest absolute Gasteiger partial charge is 0.163 e. The zero-order valence-electron chi connectivity index (χ0n) is 14.2. The quantitative estimate of drug-likeness (QED) is 0.697. The fourth-order valence-corrected chi connectivity index (χ4v) is 3.31. The number of fused-ring (bicyclic) bond motifs is 2. The summed E-state index contributed by atoms with van der Waals surface area (Å²) in [5.41, 5.74) is 1.67. The molecule has 1 aliphatic rings. The largest absolute Gasteiger partial charge is 0.507 e. The fraction of sp³-hybridized carbons (Fsp3) is 0.200. The van der Waals surface area contributed by atoms with Crippen molar-refractivity contribution in [1.82, 2.24) is 0 Å². The molecular formula is C20H16O6. The predicted octanol–water partition coefficient (Wildman–Crippen LogP) is 3.77. The zero-order chi connectivity index (χ0) is 18.6. The molecule has 2 aromatic carbocycles. The van der Waals surface area contributed by atoms with Crippen LogP contribution in [0.5, 0.6) is 17.2 Å². The van der Waals surface area contributed by atoms with Crippen LogP contribution >= 0.6 is 0 Å². The maximum atomic E-state index is 11.7. The molecule has 4 rings (SSSR count). The van der Waals surface area contributed by atoms with Crippen LogP contribution < -0.4 is 4.74 Å². The van der Waals surface area contributed by atoms with Gasteiger partial charge in [0, 0.05) is 23.1 Å². The fourth-order valence-electron chi connectivity index (χ4n) is 3.31. The van der Waals surface area contributed by atoms with Gasteiger partial charge in [-0.15, -0.1) is 0 Å². The third kappa shape index (κ3) is 2.42. The standard InChI is InChI=1S/C20H16O6/c1-9(21)12-3-11-4-20(26-18(11)6-16(12)23)15-8-25-19-7-17(24)13(10(2)22)5-14(15)19/h3-7,15,23-24H,8H2,1-2H3. The summed E-state index contributed by atoms with van der Waals surface area (Å²) in [5.74, 6) is 0.137. The summed E-state index contributed by atoms with van der Waals surface area (Å²) >= 11 is 0. The van der Waals surface area contributed by atoms with Crippen LogP contribution in [0.3, 0.4) is 0 Å². The van der Waals surface area contributed by atoms with Crippen LogP contribution in [-0.2, 0) is 0 Å². The van der Waals surface area contributed by atoms with Gasteiger partial charge in [0.25, 0.3) is 0 Å². The van der Waals surface area contributed by atoms with E-state index in [0.717, 1.165) is 5.56 Å². The average molecular weight is 352 g/mol. The van der Waals surface area contributed by atoms with Crippen molar-refractivity contribution in [3.05, 3.63) is 52.8 Å². The Morgan fingerprint density at radius 3 is 2.31 bits per heavy atom. The van der Waals surface area contributed by atoms with Gasteiger partial charge in [0.1, 0.15) is 35.2 Å². The Labute approximate surface area is 148 Å². The molecule has 0 amide bonds. The Hall–Kier alpha value is -3.28. The highest BCUT2D eigenvalue weighted by Crippen LogP contribution is 2.43. The molecule has 132 valence electrons. The average Bonchev–Trinajstić information content (AvgIpc) is 3.15. The first kappa shape index (κ1) is 16.2. The van der Waals surface area contributed by atoms with E-state index in [1.807, 2.05) is 0 Å². The topological polar surface area (TPSA) is 97.0 Å². The lowest BCUT2D eigenvalue weighted by Crippen LogP contribution is -2.01. The molecule has 0 fully saturated rings. The third-order valence-electron chi connectivity index (χ3n) is 4.66. The van der Waals surface area contributed by atoms with Crippen molar-refractivity contribution in [2.24, 2.45) is 0 Å². The van der Waals surface area contributed by atoms with Crippen molar-refractivity contribution in [2.45, 2.75) is 19.8 Å². The number of ether oxygens (including phenoxy) is 1. The number of Topliss-reactive ketones (excluding diaryl/α,β-unsaturated/α-hetero) is 2. The van der Waals surface area contributed by atoms with Crippen molar-refractivity contribution in [3.63, 3.8) is 0 Å². The summed E-state index contributed by atoms with van der Waals surface area (Å²) < 4.78 is 11.5. The molecule has 1 unspecified atom stereocenters. The molecule has 1 atom stereocenters. The molecule has 6 heteroatoms. The maximum absolute atomic E-state index is 11.7. The monoisotopic (exact) mass is 352 g/mol. The second-order valence-corrected chi connectivity index (χ2v) is 6.44. The summed E-state index contributed by atoms with van der Waals surface area (Å²) in [7, 11) is 0. The Balaban J connectivity index is 1.82. The molecule has 1 aliphatic heterocycles. The lowest BCUT2D eigenvalue weighted by Gasteiger charge is -2.07. The molecule has 0 saturated carbocycles. The van der Waals surface area contributed by atoms with Crippen LogP contribution in [0.4, 0.5) is 0 Å². The van der Waals surface area contributed by atoms with Gasteiger partial charge in [0.05, 0.1) is 17.0 Å². The molecule has 3 aromatic rings. The number of carbonyl (C=O) groups excluding carboxylic acids is 2. The van der Waals surface area contributed by atoms with Crippen LogP contribution in [0.2, 0.25) is 0 Å². The van der Waals surface area contributed by atoms with E-state index in [0.29, 0.717) is 29.1 Å². The number of rotatable bonds is 3. The molecule has 2 heterocycles. The summed E-state index contributed by atoms with van der Waals surface area (Å²) in [6.45, 7) is 3.08. The first-order valence-corrected chi connectivity index (χ1v) is 8.13. The third-order valence-corrected chi connectivity index (χ3v) is 4.66. The number of furan rings is 1. The molecule has 0 spiro atoms. The van der Waals surface area contributed by atoms with Crippen LogP contribution in [0.1, 0.15) is 51.8 Å². The molecule has 26 heavy (non-hydrogen) atoms. The van der Waals surface area contributed by atoms with Gasteiger partial charge in [-0.2, -0.15) is 0 Å². The van der Waals surface area contributed by atoms with Gasteiger partial charge in [0.15, 0.2) is 11.6 Å². The number of aromatic hydroxyl groups is 2. The van der Waals surface area contributed by atoms with E-state index < -0.39 is 0 Å². The maximum Gasteiger partial charge on any atom is 0.163 e. The zero-order valence-corrected chi connectivity index (χ0v) is 14.2. The van der Waals surface area contributed by atoms with Gasteiger partial charge in [0.2, 0.25) is 0 Å². The number of hydrogen-bond acceptors (Lipinski definition) is 6. The van der Waals surface area contributed by atoms with Gasteiger partial charge >= 0.3 is 0 Å². The van der Waals surface area contributed by atoms with E-state index in [-0.39, 0.29) is 40.1 Å². The van der Waals surface area contributed by atoms with Gasteiger partial charge in [-0.1, -0.05) is 0 Å². The van der Waals surface area contributed by atoms with Crippen molar-refractivity contribution >= 4 is 22.5 Å². The Kier molecular flexibility index (Phi) is 3.50. The van der Waals surface area contributed by atoms with Crippen LogP contribution in [-0.4, -0.2) is 28.4 Å². The lowest BCUT2D eigenvalue weighted by atomic mass is 9.95. The lowest BCUT2D eigenvalue weighted by molar-refractivity contribution is 0.100. The normalized spacial score (nSPS) is 15.7. The molecule has 0 aliphatic carbocycles. The minimum absolute atomic E-state index is 0.113. The minimum Gasteiger partial charge on any atom is -0.507 e. The molecular weight excluding hydrogens is 336 g/mol. The highest BCUT2D eigenvalue weighted by molar-refractivity contribution is 6.00. The van der Waals surface area contributed by atoms with Gasteiger partial charge in [-0.05, 0) is 32.0 Å². The first-order valence-electron chi connectivity index (χ1n) is 8.13. The Bertz CT molecular complexity index is 1080. The van der Waals surface area contributed by atoms with E-state index in [4.69, 9.17) is 9.15 Å². The molecule has 6 nitrogen and oxygen atoms in total. The minimum atomic E-state index is -0.251. The van der Waals surface area contributed by atoms with E-state index in [9.17, 15) is 19.8 Å². The number of phenols is 2. The molecule has 0 radical (unpaired) electrons. The van der Waals surface area contributed by atoms with E-state index in [1.54, 1.807) is 18.2 Å². The Morgan fingerprint density at radius 2 is 1.62 bits per heavy atom. The molecule has 0 saturated heterocycles. The number of carbonyl (C=O) groups is 2. The number of ketones is 2. The number of phenolic OH excluding ortho intramolecular Hbond substituents is 2. The highest BCUT2D eigenvalue weighted by Gasteiger charge is 2.31. The Morgan fingerprint density at radius 1 is 0.962 bits per heavy atom. The van der Waals surface area contributed by atoms with Crippen molar-refractivity contribution in [1.29, 1.82) is 0 Å². The predicted molar refractivity (Wildman–Crippen MR) is 93.3 cm³/mol. The van der Waals surface area contributed by atoms with Gasteiger partial charge < -0.3 is 19.4 Å².